The fourth-order valence-electron chi connectivity index (χ4n) is 1.86. The highest BCUT2D eigenvalue weighted by molar-refractivity contribution is 6.70. The number of alkyl halides is 3. The molecule has 21 heavy (non-hydrogen) atoms. The fraction of sp³-hybridized carbons (Fsp3) is 0.133. The highest BCUT2D eigenvalue weighted by Crippen LogP contribution is 2.32. The molecule has 0 unspecified atom stereocenters. The smallest absolute Gasteiger partial charge is 0.398 e. The van der Waals surface area contributed by atoms with Crippen LogP contribution in [0.25, 0.3) is 0 Å². The van der Waals surface area contributed by atoms with E-state index in [9.17, 15) is 13.2 Å². The van der Waals surface area contributed by atoms with Crippen LogP contribution in [0, 0.1) is 0 Å². The van der Waals surface area contributed by atoms with Crippen molar-refractivity contribution in [2.24, 2.45) is 4.99 Å². The Morgan fingerprint density at radius 3 is 2.33 bits per heavy atom. The molecule has 0 aliphatic carbocycles. The highest BCUT2D eigenvalue weighted by Gasteiger charge is 2.32. The number of nitrogens with zero attached hydrogens (tertiary/aromatic N) is 1. The van der Waals surface area contributed by atoms with E-state index >= 15 is 0 Å². The summed E-state index contributed by atoms with van der Waals surface area (Å²) in [6.07, 6.45) is -4.41. The number of hydrogen-bond acceptors (Lipinski definition) is 2. The number of para-hydroxylation sites is 1. The Morgan fingerprint density at radius 1 is 1.05 bits per heavy atom. The molecule has 0 aliphatic rings. The minimum Gasteiger partial charge on any atom is -0.398 e. The molecule has 0 saturated heterocycles. The van der Waals surface area contributed by atoms with Crippen LogP contribution in [0.4, 0.5) is 18.9 Å². The summed E-state index contributed by atoms with van der Waals surface area (Å²) in [5.41, 5.74) is 6.03. The predicted molar refractivity (Wildman–Crippen MR) is 78.4 cm³/mol. The Labute approximate surface area is 125 Å². The highest BCUT2D eigenvalue weighted by atomic mass is 35.5. The van der Waals surface area contributed by atoms with Gasteiger partial charge in [-0.15, -0.1) is 0 Å². The number of nitrogens with two attached hydrogens (primary N) is 1. The lowest BCUT2D eigenvalue weighted by molar-refractivity contribution is -0.138. The average Bonchev–Trinajstić information content (AvgIpc) is 2.44. The summed E-state index contributed by atoms with van der Waals surface area (Å²) < 4.78 is 38.6. The van der Waals surface area contributed by atoms with Gasteiger partial charge in [0, 0.05) is 11.3 Å². The van der Waals surface area contributed by atoms with Crippen LogP contribution in [0.15, 0.2) is 53.5 Å². The topological polar surface area (TPSA) is 38.4 Å². The molecule has 2 aromatic rings. The van der Waals surface area contributed by atoms with Crippen molar-refractivity contribution in [3.05, 3.63) is 65.2 Å². The van der Waals surface area contributed by atoms with Gasteiger partial charge in [-0.05, 0) is 23.8 Å². The molecule has 0 saturated carbocycles. The van der Waals surface area contributed by atoms with Gasteiger partial charge in [0.05, 0.1) is 12.1 Å². The first-order valence-electron chi connectivity index (χ1n) is 6.09. The van der Waals surface area contributed by atoms with Crippen LogP contribution in [0.1, 0.15) is 16.7 Å². The number of aliphatic imine (C=N–C) groups is 1. The summed E-state index contributed by atoms with van der Waals surface area (Å²) in [5.74, 6) is 0. The van der Waals surface area contributed by atoms with Gasteiger partial charge < -0.3 is 5.73 Å². The molecule has 0 amide bonds. The monoisotopic (exact) mass is 312 g/mol. The number of benzene rings is 2. The van der Waals surface area contributed by atoms with Crippen molar-refractivity contribution < 1.29 is 13.2 Å². The molecule has 0 aromatic heterocycles. The molecule has 2 N–H and O–H groups in total. The number of anilines is 1. The number of rotatable bonds is 3. The van der Waals surface area contributed by atoms with Crippen LogP contribution in [-0.2, 0) is 12.7 Å². The Morgan fingerprint density at radius 2 is 1.67 bits per heavy atom. The Bertz CT molecular complexity index is 666. The number of hydrogen-bond donors (Lipinski definition) is 1. The molecule has 0 heterocycles. The van der Waals surface area contributed by atoms with Crippen molar-refractivity contribution >= 4 is 22.5 Å². The summed E-state index contributed by atoms with van der Waals surface area (Å²) in [6, 6.07) is 12.1. The van der Waals surface area contributed by atoms with Gasteiger partial charge in [-0.25, -0.2) is 0 Å². The summed E-state index contributed by atoms with van der Waals surface area (Å²) in [4.78, 5) is 4.00. The molecule has 0 aliphatic heterocycles. The zero-order chi connectivity index (χ0) is 15.5. The molecular weight excluding hydrogens is 301 g/mol. The minimum atomic E-state index is -4.41. The second-order valence-electron chi connectivity index (χ2n) is 4.35. The van der Waals surface area contributed by atoms with Gasteiger partial charge in [-0.2, -0.15) is 13.2 Å². The first-order valence-corrected chi connectivity index (χ1v) is 6.47. The van der Waals surface area contributed by atoms with Crippen LogP contribution < -0.4 is 5.73 Å². The Hall–Kier alpha value is -2.01. The summed E-state index contributed by atoms with van der Waals surface area (Å²) in [5, 5.41) is 0.0880. The largest absolute Gasteiger partial charge is 0.416 e. The minimum absolute atomic E-state index is 0.0673. The summed E-state index contributed by atoms with van der Waals surface area (Å²) in [6.45, 7) is -0.164. The first kappa shape index (κ1) is 15.4. The van der Waals surface area contributed by atoms with E-state index in [1.165, 1.54) is 18.2 Å². The molecule has 0 radical (unpaired) electrons. The van der Waals surface area contributed by atoms with Crippen LogP contribution >= 0.6 is 11.6 Å². The molecule has 0 bridgehead atoms. The number of nitrogen functional groups attached to an aromatic ring is 1. The normalized spacial score (nSPS) is 12.5. The van der Waals surface area contributed by atoms with Crippen LogP contribution in [0.5, 0.6) is 0 Å². The van der Waals surface area contributed by atoms with E-state index in [1.807, 2.05) is 0 Å². The van der Waals surface area contributed by atoms with Crippen molar-refractivity contribution in [1.82, 2.24) is 0 Å². The molecule has 2 nitrogen and oxygen atoms in total. The Balaban J connectivity index is 2.28. The van der Waals surface area contributed by atoms with Crippen LogP contribution in [0.3, 0.4) is 0 Å². The maximum Gasteiger partial charge on any atom is 0.416 e. The van der Waals surface area contributed by atoms with Gasteiger partial charge in [0.1, 0.15) is 5.17 Å². The third-order valence-electron chi connectivity index (χ3n) is 2.89. The molecule has 0 atom stereocenters. The van der Waals surface area contributed by atoms with Gasteiger partial charge >= 0.3 is 6.18 Å². The SMILES string of the molecule is Nc1ccccc1C(Cl)=NCc1ccccc1C(F)(F)F. The molecule has 6 heteroatoms. The van der Waals surface area contributed by atoms with Crippen molar-refractivity contribution in [2.75, 3.05) is 5.73 Å². The van der Waals surface area contributed by atoms with E-state index < -0.39 is 11.7 Å². The maximum absolute atomic E-state index is 12.9. The molecule has 2 rings (SSSR count). The van der Waals surface area contributed by atoms with E-state index in [1.54, 1.807) is 24.3 Å². The van der Waals surface area contributed by atoms with E-state index in [2.05, 4.69) is 4.99 Å². The molecule has 0 spiro atoms. The van der Waals surface area contributed by atoms with Crippen molar-refractivity contribution in [3.8, 4) is 0 Å². The second kappa shape index (κ2) is 6.18. The van der Waals surface area contributed by atoms with Gasteiger partial charge in [-0.3, -0.25) is 4.99 Å². The maximum atomic E-state index is 12.9. The molecule has 110 valence electrons. The van der Waals surface area contributed by atoms with Crippen molar-refractivity contribution in [2.45, 2.75) is 12.7 Å². The summed E-state index contributed by atoms with van der Waals surface area (Å²) in [7, 11) is 0. The van der Waals surface area contributed by atoms with E-state index in [0.29, 0.717) is 11.3 Å². The van der Waals surface area contributed by atoms with Crippen molar-refractivity contribution in [3.63, 3.8) is 0 Å². The molecular formula is C15H12ClF3N2. The van der Waals surface area contributed by atoms with Gasteiger partial charge in [0.25, 0.3) is 0 Å². The van der Waals surface area contributed by atoms with E-state index in [-0.39, 0.29) is 17.3 Å². The zero-order valence-corrected chi connectivity index (χ0v) is 11.6. The van der Waals surface area contributed by atoms with Gasteiger partial charge in [-0.1, -0.05) is 41.9 Å². The zero-order valence-electron chi connectivity index (χ0n) is 10.9. The van der Waals surface area contributed by atoms with Crippen LogP contribution in [0.2, 0.25) is 0 Å². The lowest BCUT2D eigenvalue weighted by Gasteiger charge is -2.11. The van der Waals surface area contributed by atoms with E-state index in [4.69, 9.17) is 17.3 Å². The van der Waals surface area contributed by atoms with Gasteiger partial charge in [0.15, 0.2) is 0 Å². The quantitative estimate of drug-likeness (QED) is 0.659. The standard InChI is InChI=1S/C15H12ClF3N2/c16-14(11-6-2-4-8-13(11)20)21-9-10-5-1-3-7-12(10)15(17,18)19/h1-8H,9,20H2. The predicted octanol–water partition coefficient (Wildman–Crippen LogP) is 4.47. The fourth-order valence-corrected chi connectivity index (χ4v) is 2.09. The van der Waals surface area contributed by atoms with Crippen molar-refractivity contribution in [1.29, 1.82) is 0 Å². The van der Waals surface area contributed by atoms with E-state index in [0.717, 1.165) is 6.07 Å². The lowest BCUT2D eigenvalue weighted by Crippen LogP contribution is -2.09. The summed E-state index contributed by atoms with van der Waals surface area (Å²) >= 11 is 6.02. The molecule has 2 aromatic carbocycles. The first-order chi connectivity index (χ1) is 9.89. The number of halogens is 4. The average molecular weight is 313 g/mol. The lowest BCUT2D eigenvalue weighted by atomic mass is 10.1. The van der Waals surface area contributed by atoms with Crippen LogP contribution in [-0.4, -0.2) is 5.17 Å². The third-order valence-corrected chi connectivity index (χ3v) is 3.22. The Kier molecular flexibility index (Phi) is 4.53. The second-order valence-corrected chi connectivity index (χ2v) is 4.71. The molecule has 0 fully saturated rings. The third kappa shape index (κ3) is 3.76. The van der Waals surface area contributed by atoms with Gasteiger partial charge in [0.2, 0.25) is 0 Å².